The Hall–Kier alpha value is -4.32. The third kappa shape index (κ3) is 5.27. The van der Waals surface area contributed by atoms with Crippen LogP contribution in [0.5, 0.6) is 23.0 Å². The standard InChI is InChI=1S/C29H25NO5/c1-32-23-7-5-20(6-8-23)19-34-24-4-2-3-22(17-24)29(21-11-14-30-15-12-21)35-25-9-10-26-27(31)13-16-33-28(26)18-25/h2-12,14-15,17-18,29H,13,16,19H2,1H3/t29-/m1/s1. The summed E-state index contributed by atoms with van der Waals surface area (Å²) in [5.41, 5.74) is 3.51. The largest absolute Gasteiger partial charge is 0.497 e. The molecular formula is C29H25NO5. The van der Waals surface area contributed by atoms with Crippen LogP contribution in [0.1, 0.15) is 39.6 Å². The summed E-state index contributed by atoms with van der Waals surface area (Å²) in [5.74, 6) is 2.81. The van der Waals surface area contributed by atoms with Crippen LogP contribution in [-0.2, 0) is 6.61 Å². The lowest BCUT2D eigenvalue weighted by Gasteiger charge is -2.22. The molecule has 0 saturated carbocycles. The van der Waals surface area contributed by atoms with Crippen molar-refractivity contribution in [1.29, 1.82) is 0 Å². The average molecular weight is 468 g/mol. The first-order valence-corrected chi connectivity index (χ1v) is 11.4. The summed E-state index contributed by atoms with van der Waals surface area (Å²) < 4.78 is 23.4. The van der Waals surface area contributed by atoms with E-state index in [1.165, 1.54) is 0 Å². The van der Waals surface area contributed by atoms with Crippen molar-refractivity contribution in [2.24, 2.45) is 0 Å². The van der Waals surface area contributed by atoms with Gasteiger partial charge in [0.2, 0.25) is 0 Å². The van der Waals surface area contributed by atoms with Crippen molar-refractivity contribution in [3.63, 3.8) is 0 Å². The van der Waals surface area contributed by atoms with Gasteiger partial charge in [-0.1, -0.05) is 24.3 Å². The molecule has 0 spiro atoms. The Morgan fingerprint density at radius 2 is 1.69 bits per heavy atom. The number of fused-ring (bicyclic) bond motifs is 1. The van der Waals surface area contributed by atoms with Crippen molar-refractivity contribution in [1.82, 2.24) is 4.98 Å². The number of carbonyl (C=O) groups excluding carboxylic acids is 1. The third-order valence-electron chi connectivity index (χ3n) is 5.83. The predicted molar refractivity (Wildman–Crippen MR) is 131 cm³/mol. The van der Waals surface area contributed by atoms with Crippen LogP contribution in [0, 0.1) is 0 Å². The Balaban J connectivity index is 1.39. The Bertz CT molecular complexity index is 1300. The first kappa shape index (κ1) is 22.5. The summed E-state index contributed by atoms with van der Waals surface area (Å²) in [6, 6.07) is 24.9. The second-order valence-corrected chi connectivity index (χ2v) is 8.17. The summed E-state index contributed by atoms with van der Waals surface area (Å²) in [4.78, 5) is 16.3. The van der Waals surface area contributed by atoms with Gasteiger partial charge in [0.05, 0.1) is 19.3 Å². The molecule has 1 atom stereocenters. The van der Waals surface area contributed by atoms with Crippen LogP contribution in [0.4, 0.5) is 0 Å². The highest BCUT2D eigenvalue weighted by atomic mass is 16.5. The van der Waals surface area contributed by atoms with Crippen molar-refractivity contribution in [2.45, 2.75) is 19.1 Å². The molecule has 1 aliphatic heterocycles. The second-order valence-electron chi connectivity index (χ2n) is 8.17. The molecule has 6 heteroatoms. The van der Waals surface area contributed by atoms with Gasteiger partial charge in [-0.3, -0.25) is 9.78 Å². The zero-order valence-electron chi connectivity index (χ0n) is 19.3. The highest BCUT2D eigenvalue weighted by Gasteiger charge is 2.21. The topological polar surface area (TPSA) is 66.9 Å². The minimum Gasteiger partial charge on any atom is -0.497 e. The summed E-state index contributed by atoms with van der Waals surface area (Å²) in [7, 11) is 1.65. The maximum atomic E-state index is 12.1. The summed E-state index contributed by atoms with van der Waals surface area (Å²) in [6.45, 7) is 0.821. The Morgan fingerprint density at radius 3 is 2.49 bits per heavy atom. The minimum absolute atomic E-state index is 0.0881. The monoisotopic (exact) mass is 467 g/mol. The van der Waals surface area contributed by atoms with Gasteiger partial charge in [-0.15, -0.1) is 0 Å². The number of Topliss-reactive ketones (excluding diaryl/α,β-unsaturated/α-hetero) is 1. The number of ketones is 1. The first-order chi connectivity index (χ1) is 17.2. The van der Waals surface area contributed by atoms with Crippen molar-refractivity contribution in [3.05, 3.63) is 114 Å². The highest BCUT2D eigenvalue weighted by molar-refractivity contribution is 5.99. The number of hydrogen-bond acceptors (Lipinski definition) is 6. The fourth-order valence-electron chi connectivity index (χ4n) is 3.97. The zero-order chi connectivity index (χ0) is 24.0. The molecule has 6 nitrogen and oxygen atoms in total. The van der Waals surface area contributed by atoms with E-state index in [1.54, 1.807) is 31.6 Å². The lowest BCUT2D eigenvalue weighted by molar-refractivity contribution is 0.0933. The fourth-order valence-corrected chi connectivity index (χ4v) is 3.97. The molecule has 0 radical (unpaired) electrons. The molecule has 3 aromatic carbocycles. The van der Waals surface area contributed by atoms with Crippen molar-refractivity contribution >= 4 is 5.78 Å². The van der Waals surface area contributed by atoms with Crippen LogP contribution >= 0.6 is 0 Å². The Kier molecular flexibility index (Phi) is 6.61. The van der Waals surface area contributed by atoms with Gasteiger partial charge < -0.3 is 18.9 Å². The van der Waals surface area contributed by atoms with Crippen LogP contribution < -0.4 is 18.9 Å². The van der Waals surface area contributed by atoms with E-state index in [-0.39, 0.29) is 5.78 Å². The molecule has 0 unspecified atom stereocenters. The number of hydrogen-bond donors (Lipinski definition) is 0. The van der Waals surface area contributed by atoms with Gasteiger partial charge in [-0.2, -0.15) is 0 Å². The molecule has 4 aromatic rings. The molecule has 0 N–H and O–H groups in total. The highest BCUT2D eigenvalue weighted by Crippen LogP contribution is 2.34. The first-order valence-electron chi connectivity index (χ1n) is 11.4. The number of aromatic nitrogens is 1. The molecule has 5 rings (SSSR count). The molecule has 35 heavy (non-hydrogen) atoms. The quantitative estimate of drug-likeness (QED) is 0.326. The number of rotatable bonds is 8. The van der Waals surface area contributed by atoms with Gasteiger partial charge in [-0.25, -0.2) is 0 Å². The summed E-state index contributed by atoms with van der Waals surface area (Å²) >= 11 is 0. The predicted octanol–water partition coefficient (Wildman–Crippen LogP) is 5.80. The summed E-state index contributed by atoms with van der Waals surface area (Å²) in [5, 5.41) is 0. The molecule has 0 amide bonds. The molecular weight excluding hydrogens is 442 g/mol. The van der Waals surface area contributed by atoms with Gasteiger partial charge in [0, 0.05) is 30.4 Å². The van der Waals surface area contributed by atoms with Crippen LogP contribution in [0.2, 0.25) is 0 Å². The Morgan fingerprint density at radius 1 is 0.886 bits per heavy atom. The van der Waals surface area contributed by atoms with E-state index in [9.17, 15) is 4.79 Å². The summed E-state index contributed by atoms with van der Waals surface area (Å²) in [6.07, 6.45) is 3.48. The fraction of sp³-hybridized carbons (Fsp3) is 0.172. The maximum Gasteiger partial charge on any atom is 0.169 e. The van der Waals surface area contributed by atoms with Gasteiger partial charge in [0.25, 0.3) is 0 Å². The molecule has 176 valence electrons. The molecule has 0 aliphatic carbocycles. The number of nitrogens with zero attached hydrogens (tertiary/aromatic N) is 1. The van der Waals surface area contributed by atoms with Gasteiger partial charge in [0.15, 0.2) is 5.78 Å². The number of carbonyl (C=O) groups is 1. The third-order valence-corrected chi connectivity index (χ3v) is 5.83. The Labute approximate surface area is 204 Å². The zero-order valence-corrected chi connectivity index (χ0v) is 19.3. The van der Waals surface area contributed by atoms with Gasteiger partial charge >= 0.3 is 0 Å². The van der Waals surface area contributed by atoms with Crippen molar-refractivity contribution in [2.75, 3.05) is 13.7 Å². The lowest BCUT2D eigenvalue weighted by atomic mass is 10.0. The smallest absolute Gasteiger partial charge is 0.169 e. The SMILES string of the molecule is COc1ccc(COc2cccc([C@H](Oc3ccc4c(c3)OCCC4=O)c3ccncc3)c2)cc1. The molecule has 0 saturated heterocycles. The van der Waals surface area contributed by atoms with E-state index in [2.05, 4.69) is 4.98 Å². The van der Waals surface area contributed by atoms with Crippen molar-refractivity contribution in [3.8, 4) is 23.0 Å². The lowest BCUT2D eigenvalue weighted by Crippen LogP contribution is -2.15. The number of methoxy groups -OCH3 is 1. The van der Waals surface area contributed by atoms with E-state index in [1.807, 2.05) is 66.7 Å². The molecule has 0 bridgehead atoms. The second kappa shape index (κ2) is 10.3. The van der Waals surface area contributed by atoms with Crippen molar-refractivity contribution < 1.29 is 23.7 Å². The van der Waals surface area contributed by atoms with E-state index in [4.69, 9.17) is 18.9 Å². The maximum absolute atomic E-state index is 12.1. The van der Waals surface area contributed by atoms with E-state index < -0.39 is 6.10 Å². The number of pyridine rings is 1. The number of benzene rings is 3. The molecule has 2 heterocycles. The van der Waals surface area contributed by atoms with Gasteiger partial charge in [0.1, 0.15) is 35.7 Å². The van der Waals surface area contributed by atoms with Gasteiger partial charge in [-0.05, 0) is 59.7 Å². The van der Waals surface area contributed by atoms with Crippen LogP contribution in [0.25, 0.3) is 0 Å². The molecule has 0 fully saturated rings. The average Bonchev–Trinajstić information content (AvgIpc) is 2.91. The number of ether oxygens (including phenoxy) is 4. The minimum atomic E-state index is -0.403. The van der Waals surface area contributed by atoms with E-state index in [0.29, 0.717) is 36.7 Å². The molecule has 1 aromatic heterocycles. The van der Waals surface area contributed by atoms with Crippen LogP contribution in [0.3, 0.4) is 0 Å². The van der Waals surface area contributed by atoms with E-state index >= 15 is 0 Å². The van der Waals surface area contributed by atoms with Crippen LogP contribution in [-0.4, -0.2) is 24.5 Å². The van der Waals surface area contributed by atoms with E-state index in [0.717, 1.165) is 28.2 Å². The van der Waals surface area contributed by atoms with Crippen LogP contribution in [0.15, 0.2) is 91.3 Å². The normalized spacial score (nSPS) is 13.3. The molecule has 1 aliphatic rings.